The van der Waals surface area contributed by atoms with E-state index in [1.165, 1.54) is 0 Å². The lowest BCUT2D eigenvalue weighted by Gasteiger charge is -2.06. The zero-order chi connectivity index (χ0) is 12.3. The van der Waals surface area contributed by atoms with E-state index in [9.17, 15) is 0 Å². The SMILES string of the molecule is COc1ccc(-c2nccc(C(C)C)n2)cn1. The number of ether oxygens (including phenoxy) is 1. The molecule has 2 aromatic rings. The van der Waals surface area contributed by atoms with E-state index in [-0.39, 0.29) is 0 Å². The lowest BCUT2D eigenvalue weighted by atomic mass is 10.1. The first kappa shape index (κ1) is 11.5. The fraction of sp³-hybridized carbons (Fsp3) is 0.308. The van der Waals surface area contributed by atoms with Crippen LogP contribution in [-0.2, 0) is 0 Å². The van der Waals surface area contributed by atoms with Gasteiger partial charge >= 0.3 is 0 Å². The van der Waals surface area contributed by atoms with E-state index in [2.05, 4.69) is 28.8 Å². The number of nitrogens with zero attached hydrogens (tertiary/aromatic N) is 3. The highest BCUT2D eigenvalue weighted by Gasteiger charge is 2.06. The number of methoxy groups -OCH3 is 1. The molecule has 4 heteroatoms. The molecule has 0 amide bonds. The standard InChI is InChI=1S/C13H15N3O/c1-9(2)11-6-7-14-13(16-11)10-4-5-12(17-3)15-8-10/h4-9H,1-3H3. The molecule has 2 heterocycles. The van der Waals surface area contributed by atoms with E-state index in [4.69, 9.17) is 4.74 Å². The van der Waals surface area contributed by atoms with E-state index in [0.29, 0.717) is 17.6 Å². The van der Waals surface area contributed by atoms with Gasteiger partial charge in [-0.1, -0.05) is 13.8 Å². The van der Waals surface area contributed by atoms with Gasteiger partial charge < -0.3 is 4.74 Å². The van der Waals surface area contributed by atoms with Crippen LogP contribution in [0.2, 0.25) is 0 Å². The summed E-state index contributed by atoms with van der Waals surface area (Å²) in [5.74, 6) is 1.68. The number of hydrogen-bond acceptors (Lipinski definition) is 4. The highest BCUT2D eigenvalue weighted by molar-refractivity contribution is 5.53. The summed E-state index contributed by atoms with van der Waals surface area (Å²) in [6.07, 6.45) is 3.50. The van der Waals surface area contributed by atoms with Crippen molar-refractivity contribution in [2.75, 3.05) is 7.11 Å². The van der Waals surface area contributed by atoms with Gasteiger partial charge in [-0.2, -0.15) is 0 Å². The lowest BCUT2D eigenvalue weighted by Crippen LogP contribution is -1.97. The van der Waals surface area contributed by atoms with Crippen molar-refractivity contribution in [2.24, 2.45) is 0 Å². The quantitative estimate of drug-likeness (QED) is 0.811. The highest BCUT2D eigenvalue weighted by Crippen LogP contribution is 2.18. The van der Waals surface area contributed by atoms with Crippen LogP contribution in [0.1, 0.15) is 25.5 Å². The molecule has 0 aliphatic heterocycles. The van der Waals surface area contributed by atoms with Crippen molar-refractivity contribution >= 4 is 0 Å². The summed E-state index contributed by atoms with van der Waals surface area (Å²) < 4.78 is 5.02. The summed E-state index contributed by atoms with van der Waals surface area (Å²) in [5, 5.41) is 0. The molecule has 0 bridgehead atoms. The van der Waals surface area contributed by atoms with Crippen molar-refractivity contribution in [2.45, 2.75) is 19.8 Å². The molecule has 0 radical (unpaired) electrons. The van der Waals surface area contributed by atoms with Crippen molar-refractivity contribution in [1.82, 2.24) is 15.0 Å². The van der Waals surface area contributed by atoms with Gasteiger partial charge in [-0.05, 0) is 18.1 Å². The molecule has 17 heavy (non-hydrogen) atoms. The summed E-state index contributed by atoms with van der Waals surface area (Å²) >= 11 is 0. The summed E-state index contributed by atoms with van der Waals surface area (Å²) in [6.45, 7) is 4.22. The monoisotopic (exact) mass is 229 g/mol. The number of hydrogen-bond donors (Lipinski definition) is 0. The van der Waals surface area contributed by atoms with E-state index in [1.807, 2.05) is 12.1 Å². The normalized spacial score (nSPS) is 10.6. The fourth-order valence-electron chi connectivity index (χ4n) is 1.47. The van der Waals surface area contributed by atoms with Crippen molar-refractivity contribution in [3.63, 3.8) is 0 Å². The van der Waals surface area contributed by atoms with Crippen molar-refractivity contribution < 1.29 is 4.74 Å². The molecule has 4 nitrogen and oxygen atoms in total. The van der Waals surface area contributed by atoms with Gasteiger partial charge in [0, 0.05) is 29.7 Å². The maximum absolute atomic E-state index is 5.02. The molecule has 0 aliphatic rings. The Morgan fingerprint density at radius 3 is 2.53 bits per heavy atom. The van der Waals surface area contributed by atoms with Crippen molar-refractivity contribution in [1.29, 1.82) is 0 Å². The third-order valence-electron chi connectivity index (χ3n) is 2.47. The van der Waals surface area contributed by atoms with Gasteiger partial charge in [0.15, 0.2) is 5.82 Å². The Morgan fingerprint density at radius 2 is 1.94 bits per heavy atom. The second kappa shape index (κ2) is 4.91. The van der Waals surface area contributed by atoms with Crippen LogP contribution in [0.5, 0.6) is 5.88 Å². The Balaban J connectivity index is 2.35. The summed E-state index contributed by atoms with van der Waals surface area (Å²) in [5.41, 5.74) is 1.93. The Morgan fingerprint density at radius 1 is 1.12 bits per heavy atom. The first-order chi connectivity index (χ1) is 8.20. The van der Waals surface area contributed by atoms with E-state index < -0.39 is 0 Å². The summed E-state index contributed by atoms with van der Waals surface area (Å²) in [4.78, 5) is 12.9. The molecule has 2 aromatic heterocycles. The number of aromatic nitrogens is 3. The Labute approximate surface area is 101 Å². The third kappa shape index (κ3) is 2.58. The average Bonchev–Trinajstić information content (AvgIpc) is 2.39. The van der Waals surface area contributed by atoms with Crippen LogP contribution in [0.3, 0.4) is 0 Å². The molecule has 88 valence electrons. The molecule has 0 saturated heterocycles. The largest absolute Gasteiger partial charge is 0.481 e. The van der Waals surface area contributed by atoms with Crippen LogP contribution in [0.25, 0.3) is 11.4 Å². The van der Waals surface area contributed by atoms with Crippen LogP contribution < -0.4 is 4.74 Å². The molecule has 2 rings (SSSR count). The van der Waals surface area contributed by atoms with E-state index >= 15 is 0 Å². The molecule has 0 aliphatic carbocycles. The minimum absolute atomic E-state index is 0.392. The minimum atomic E-state index is 0.392. The Hall–Kier alpha value is -1.97. The number of rotatable bonds is 3. The molecule has 0 N–H and O–H groups in total. The minimum Gasteiger partial charge on any atom is -0.481 e. The smallest absolute Gasteiger partial charge is 0.212 e. The van der Waals surface area contributed by atoms with E-state index in [1.54, 1.807) is 25.6 Å². The Kier molecular flexibility index (Phi) is 3.32. The molecule has 0 fully saturated rings. The maximum Gasteiger partial charge on any atom is 0.212 e. The molecule has 0 atom stereocenters. The first-order valence-electron chi connectivity index (χ1n) is 5.54. The van der Waals surface area contributed by atoms with Crippen LogP contribution in [0.4, 0.5) is 0 Å². The predicted octanol–water partition coefficient (Wildman–Crippen LogP) is 2.67. The lowest BCUT2D eigenvalue weighted by molar-refractivity contribution is 0.398. The van der Waals surface area contributed by atoms with Gasteiger partial charge in [-0.15, -0.1) is 0 Å². The van der Waals surface area contributed by atoms with Crippen LogP contribution in [0.15, 0.2) is 30.6 Å². The second-order valence-corrected chi connectivity index (χ2v) is 4.05. The third-order valence-corrected chi connectivity index (χ3v) is 2.47. The first-order valence-corrected chi connectivity index (χ1v) is 5.54. The predicted molar refractivity (Wildman–Crippen MR) is 65.9 cm³/mol. The fourth-order valence-corrected chi connectivity index (χ4v) is 1.47. The highest BCUT2D eigenvalue weighted by atomic mass is 16.5. The van der Waals surface area contributed by atoms with Gasteiger partial charge in [0.25, 0.3) is 0 Å². The van der Waals surface area contributed by atoms with E-state index in [0.717, 1.165) is 11.3 Å². The Bertz CT molecular complexity index is 494. The maximum atomic E-state index is 5.02. The zero-order valence-electron chi connectivity index (χ0n) is 10.2. The average molecular weight is 229 g/mol. The van der Waals surface area contributed by atoms with Crippen molar-refractivity contribution in [3.05, 3.63) is 36.3 Å². The van der Waals surface area contributed by atoms with Gasteiger partial charge in [-0.25, -0.2) is 15.0 Å². The van der Waals surface area contributed by atoms with Gasteiger partial charge in [0.1, 0.15) is 0 Å². The zero-order valence-corrected chi connectivity index (χ0v) is 10.2. The molecule has 0 aromatic carbocycles. The summed E-state index contributed by atoms with van der Waals surface area (Å²) in [7, 11) is 1.60. The van der Waals surface area contributed by atoms with Crippen molar-refractivity contribution in [3.8, 4) is 17.3 Å². The topological polar surface area (TPSA) is 47.9 Å². The van der Waals surface area contributed by atoms with Crippen LogP contribution in [0, 0.1) is 0 Å². The molecule has 0 unspecified atom stereocenters. The summed E-state index contributed by atoms with van der Waals surface area (Å²) in [6, 6.07) is 5.65. The molecule has 0 saturated carbocycles. The second-order valence-electron chi connectivity index (χ2n) is 4.05. The molecular formula is C13H15N3O. The molecular weight excluding hydrogens is 214 g/mol. The molecule has 0 spiro atoms. The number of pyridine rings is 1. The van der Waals surface area contributed by atoms with Gasteiger partial charge in [0.05, 0.1) is 7.11 Å². The van der Waals surface area contributed by atoms with Gasteiger partial charge in [-0.3, -0.25) is 0 Å². The van der Waals surface area contributed by atoms with Crippen LogP contribution >= 0.6 is 0 Å². The van der Waals surface area contributed by atoms with Gasteiger partial charge in [0.2, 0.25) is 5.88 Å². The van der Waals surface area contributed by atoms with Crippen LogP contribution in [-0.4, -0.2) is 22.1 Å².